The van der Waals surface area contributed by atoms with E-state index in [1.54, 1.807) is 0 Å². The molecule has 0 saturated heterocycles. The van der Waals surface area contributed by atoms with E-state index in [4.69, 9.17) is 18.0 Å². The molecule has 0 amide bonds. The van der Waals surface area contributed by atoms with Gasteiger partial charge in [0.1, 0.15) is 5.82 Å². The van der Waals surface area contributed by atoms with Crippen molar-refractivity contribution in [2.75, 3.05) is 5.32 Å². The number of aromatic nitrogens is 2. The van der Waals surface area contributed by atoms with E-state index in [9.17, 15) is 0 Å². The van der Waals surface area contributed by atoms with E-state index < -0.39 is 0 Å². The topological polar surface area (TPSA) is 55.9 Å². The lowest BCUT2D eigenvalue weighted by molar-refractivity contribution is 0.560. The van der Waals surface area contributed by atoms with Crippen molar-refractivity contribution in [2.45, 2.75) is 26.2 Å². The molecule has 1 aromatic heterocycles. The SMILES string of the molecule is CC(C)(C)c1cc(NC(N)=S)n(-c2ccccc2)n1. The minimum Gasteiger partial charge on any atom is -0.376 e. The van der Waals surface area contributed by atoms with Crippen LogP contribution in [-0.4, -0.2) is 14.9 Å². The predicted octanol–water partition coefficient (Wildman–Crippen LogP) is 2.83. The predicted molar refractivity (Wildman–Crippen MR) is 82.7 cm³/mol. The number of hydrogen-bond donors (Lipinski definition) is 2. The summed E-state index contributed by atoms with van der Waals surface area (Å²) in [5.74, 6) is 0.781. The fraction of sp³-hybridized carbons (Fsp3) is 0.286. The molecule has 0 radical (unpaired) electrons. The third-order valence-corrected chi connectivity index (χ3v) is 2.83. The fourth-order valence-electron chi connectivity index (χ4n) is 1.73. The summed E-state index contributed by atoms with van der Waals surface area (Å²) in [4.78, 5) is 0. The number of nitrogens with zero attached hydrogens (tertiary/aromatic N) is 2. The van der Waals surface area contributed by atoms with Gasteiger partial charge in [0.05, 0.1) is 11.4 Å². The minimum atomic E-state index is -0.0350. The van der Waals surface area contributed by atoms with E-state index in [-0.39, 0.29) is 10.5 Å². The molecule has 0 atom stereocenters. The maximum atomic E-state index is 5.57. The van der Waals surface area contributed by atoms with Gasteiger partial charge in [-0.05, 0) is 24.4 Å². The van der Waals surface area contributed by atoms with Crippen molar-refractivity contribution in [3.8, 4) is 5.69 Å². The van der Waals surface area contributed by atoms with Crippen LogP contribution in [0.15, 0.2) is 36.4 Å². The van der Waals surface area contributed by atoms with Gasteiger partial charge in [-0.2, -0.15) is 5.10 Å². The van der Waals surface area contributed by atoms with E-state index in [1.165, 1.54) is 0 Å². The van der Waals surface area contributed by atoms with E-state index in [1.807, 2.05) is 41.1 Å². The summed E-state index contributed by atoms with van der Waals surface area (Å²) in [6, 6.07) is 11.9. The van der Waals surface area contributed by atoms with Crippen LogP contribution in [0.3, 0.4) is 0 Å². The quantitative estimate of drug-likeness (QED) is 0.827. The molecular weight excluding hydrogens is 256 g/mol. The second kappa shape index (κ2) is 5.01. The number of benzene rings is 1. The maximum absolute atomic E-state index is 5.57. The minimum absolute atomic E-state index is 0.0350. The van der Waals surface area contributed by atoms with Crippen LogP contribution < -0.4 is 11.1 Å². The number of nitrogens with one attached hydrogen (secondary N) is 1. The van der Waals surface area contributed by atoms with Gasteiger partial charge in [-0.3, -0.25) is 0 Å². The van der Waals surface area contributed by atoms with Crippen LogP contribution in [0.2, 0.25) is 0 Å². The smallest absolute Gasteiger partial charge is 0.169 e. The molecule has 1 heterocycles. The lowest BCUT2D eigenvalue weighted by Crippen LogP contribution is -2.20. The number of para-hydroxylation sites is 1. The number of thiocarbonyl (C=S) groups is 1. The molecule has 0 spiro atoms. The lowest BCUT2D eigenvalue weighted by Gasteiger charge is -2.14. The average molecular weight is 274 g/mol. The lowest BCUT2D eigenvalue weighted by atomic mass is 9.92. The Labute approximate surface area is 118 Å². The monoisotopic (exact) mass is 274 g/mol. The van der Waals surface area contributed by atoms with E-state index in [0.29, 0.717) is 0 Å². The summed E-state index contributed by atoms with van der Waals surface area (Å²) in [5.41, 5.74) is 7.48. The highest BCUT2D eigenvalue weighted by Gasteiger charge is 2.20. The molecule has 0 aliphatic carbocycles. The summed E-state index contributed by atoms with van der Waals surface area (Å²) in [6.07, 6.45) is 0. The van der Waals surface area contributed by atoms with E-state index >= 15 is 0 Å². The van der Waals surface area contributed by atoms with Crippen molar-refractivity contribution in [1.82, 2.24) is 9.78 Å². The van der Waals surface area contributed by atoms with Gasteiger partial charge < -0.3 is 11.1 Å². The fourth-order valence-corrected chi connectivity index (χ4v) is 1.83. The molecule has 4 nitrogen and oxygen atoms in total. The number of hydrogen-bond acceptors (Lipinski definition) is 2. The first-order chi connectivity index (χ1) is 8.88. The molecule has 3 N–H and O–H groups in total. The van der Waals surface area contributed by atoms with Crippen molar-refractivity contribution in [3.05, 3.63) is 42.1 Å². The van der Waals surface area contributed by atoms with E-state index in [2.05, 4.69) is 31.2 Å². The second-order valence-corrected chi connectivity index (χ2v) is 5.84. The zero-order valence-electron chi connectivity index (χ0n) is 11.3. The highest BCUT2D eigenvalue weighted by atomic mass is 32.1. The third-order valence-electron chi connectivity index (χ3n) is 2.73. The maximum Gasteiger partial charge on any atom is 0.169 e. The Bertz CT molecular complexity index is 581. The Hall–Kier alpha value is -1.88. The Morgan fingerprint density at radius 1 is 1.26 bits per heavy atom. The molecule has 0 saturated carbocycles. The van der Waals surface area contributed by atoms with Crippen molar-refractivity contribution < 1.29 is 0 Å². The molecule has 2 rings (SSSR count). The zero-order valence-corrected chi connectivity index (χ0v) is 12.2. The van der Waals surface area contributed by atoms with Gasteiger partial charge >= 0.3 is 0 Å². The van der Waals surface area contributed by atoms with Gasteiger partial charge in [0.25, 0.3) is 0 Å². The van der Waals surface area contributed by atoms with Gasteiger partial charge in [-0.15, -0.1) is 0 Å². The Morgan fingerprint density at radius 3 is 2.42 bits per heavy atom. The Kier molecular flexibility index (Phi) is 3.57. The summed E-state index contributed by atoms with van der Waals surface area (Å²) in [5, 5.41) is 7.85. The van der Waals surface area contributed by atoms with Crippen LogP contribution in [0.1, 0.15) is 26.5 Å². The van der Waals surface area contributed by atoms with Crippen LogP contribution in [0.5, 0.6) is 0 Å². The van der Waals surface area contributed by atoms with Gasteiger partial charge in [0.2, 0.25) is 0 Å². The molecule has 100 valence electrons. The van der Waals surface area contributed by atoms with Crippen molar-refractivity contribution >= 4 is 23.1 Å². The highest BCUT2D eigenvalue weighted by Crippen LogP contribution is 2.26. The van der Waals surface area contributed by atoms with Crippen LogP contribution in [0.4, 0.5) is 5.82 Å². The van der Waals surface area contributed by atoms with Gasteiger partial charge in [0.15, 0.2) is 5.11 Å². The normalized spacial score (nSPS) is 11.3. The summed E-state index contributed by atoms with van der Waals surface area (Å²) in [6.45, 7) is 6.36. The second-order valence-electron chi connectivity index (χ2n) is 5.40. The zero-order chi connectivity index (χ0) is 14.0. The number of rotatable bonds is 2. The summed E-state index contributed by atoms with van der Waals surface area (Å²) >= 11 is 4.92. The average Bonchev–Trinajstić information content (AvgIpc) is 2.73. The standard InChI is InChI=1S/C14H18N4S/c1-14(2,3)11-9-12(16-13(15)19)18(17-11)10-7-5-4-6-8-10/h4-9H,1-3H3,(H3,15,16,19). The molecule has 0 aliphatic heterocycles. The Balaban J connectivity index is 2.52. The first kappa shape index (κ1) is 13.5. The van der Waals surface area contributed by atoms with E-state index in [0.717, 1.165) is 17.2 Å². The molecule has 0 aliphatic rings. The van der Waals surface area contributed by atoms with Crippen molar-refractivity contribution in [2.24, 2.45) is 5.73 Å². The van der Waals surface area contributed by atoms with Crippen molar-refractivity contribution in [3.63, 3.8) is 0 Å². The number of nitrogens with two attached hydrogens (primary N) is 1. The van der Waals surface area contributed by atoms with Crippen molar-refractivity contribution in [1.29, 1.82) is 0 Å². The highest BCUT2D eigenvalue weighted by molar-refractivity contribution is 7.80. The van der Waals surface area contributed by atoms with Crippen LogP contribution >= 0.6 is 12.2 Å². The summed E-state index contributed by atoms with van der Waals surface area (Å²) in [7, 11) is 0. The molecule has 19 heavy (non-hydrogen) atoms. The molecule has 5 heteroatoms. The molecule has 2 aromatic rings. The Morgan fingerprint density at radius 2 is 1.89 bits per heavy atom. The largest absolute Gasteiger partial charge is 0.376 e. The number of anilines is 1. The van der Waals surface area contributed by atoms with Gasteiger partial charge in [-0.25, -0.2) is 4.68 Å². The van der Waals surface area contributed by atoms with Crippen LogP contribution in [0, 0.1) is 0 Å². The van der Waals surface area contributed by atoms with Crippen LogP contribution in [0.25, 0.3) is 5.69 Å². The van der Waals surface area contributed by atoms with Gasteiger partial charge in [-0.1, -0.05) is 39.0 Å². The summed E-state index contributed by atoms with van der Waals surface area (Å²) < 4.78 is 1.82. The third kappa shape index (κ3) is 3.12. The molecule has 0 unspecified atom stereocenters. The molecule has 0 bridgehead atoms. The van der Waals surface area contributed by atoms with Crippen LogP contribution in [-0.2, 0) is 5.41 Å². The first-order valence-corrected chi connectivity index (χ1v) is 6.51. The molecule has 1 aromatic carbocycles. The molecular formula is C14H18N4S. The first-order valence-electron chi connectivity index (χ1n) is 6.10. The molecule has 0 fully saturated rings. The van der Waals surface area contributed by atoms with Gasteiger partial charge in [0, 0.05) is 11.5 Å².